The number of amides is 1. The maximum absolute atomic E-state index is 14.4. The third kappa shape index (κ3) is 4.58. The summed E-state index contributed by atoms with van der Waals surface area (Å²) in [5.41, 5.74) is -0.779. The van der Waals surface area contributed by atoms with Crippen molar-refractivity contribution in [3.8, 4) is 0 Å². The van der Waals surface area contributed by atoms with E-state index in [2.05, 4.69) is 10.0 Å². The molecular weight excluding hydrogens is 510 g/mol. The van der Waals surface area contributed by atoms with Crippen LogP contribution in [0.5, 0.6) is 0 Å². The van der Waals surface area contributed by atoms with Crippen LogP contribution in [0, 0.1) is 21.0 Å². The highest BCUT2D eigenvalue weighted by atomic mass is 127. The molecule has 1 saturated heterocycles. The van der Waals surface area contributed by atoms with Crippen LogP contribution >= 0.6 is 22.6 Å². The summed E-state index contributed by atoms with van der Waals surface area (Å²) < 4.78 is 67.6. The van der Waals surface area contributed by atoms with E-state index in [1.54, 1.807) is 6.07 Å². The van der Waals surface area contributed by atoms with Crippen molar-refractivity contribution >= 4 is 49.9 Å². The number of anilines is 2. The quantitative estimate of drug-likeness (QED) is 0.589. The smallest absolute Gasteiger partial charge is 0.256 e. The summed E-state index contributed by atoms with van der Waals surface area (Å²) >= 11 is 1.90. The van der Waals surface area contributed by atoms with Crippen molar-refractivity contribution in [2.45, 2.75) is 6.04 Å². The fourth-order valence-electron chi connectivity index (χ4n) is 2.77. The topological polar surface area (TPSA) is 78.5 Å². The highest BCUT2D eigenvalue weighted by Crippen LogP contribution is 2.30. The van der Waals surface area contributed by atoms with E-state index in [-0.39, 0.29) is 24.3 Å². The molecule has 1 aliphatic rings. The van der Waals surface area contributed by atoms with E-state index >= 15 is 0 Å². The number of carbonyl (C=O) groups is 1. The number of nitrogens with one attached hydrogen (secondary N) is 2. The van der Waals surface area contributed by atoms with Gasteiger partial charge in [0.05, 0.1) is 29.2 Å². The average molecular weight is 525 g/mol. The zero-order chi connectivity index (χ0) is 20.6. The minimum absolute atomic E-state index is 0.0855. The first kappa shape index (κ1) is 20.9. The van der Waals surface area contributed by atoms with Crippen LogP contribution in [-0.4, -0.2) is 44.6 Å². The fourth-order valence-corrected chi connectivity index (χ4v) is 3.98. The zero-order valence-electron chi connectivity index (χ0n) is 14.5. The van der Waals surface area contributed by atoms with Crippen molar-refractivity contribution in [2.24, 2.45) is 0 Å². The first-order chi connectivity index (χ1) is 13.0. The Morgan fingerprint density at radius 3 is 2.43 bits per heavy atom. The number of hydrogen-bond acceptors (Lipinski definition) is 4. The second-order valence-electron chi connectivity index (χ2n) is 6.33. The summed E-state index contributed by atoms with van der Waals surface area (Å²) in [4.78, 5) is 14.0. The van der Waals surface area contributed by atoms with Crippen molar-refractivity contribution < 1.29 is 26.4 Å². The summed E-state index contributed by atoms with van der Waals surface area (Å²) in [6.07, 6.45) is 1.00. The Morgan fingerprint density at radius 2 is 1.82 bits per heavy atom. The van der Waals surface area contributed by atoms with Gasteiger partial charge >= 0.3 is 0 Å². The van der Waals surface area contributed by atoms with Crippen molar-refractivity contribution in [1.82, 2.24) is 9.62 Å². The predicted molar refractivity (Wildman–Crippen MR) is 106 cm³/mol. The number of hydrogen-bond donors (Lipinski definition) is 2. The molecule has 28 heavy (non-hydrogen) atoms. The maximum Gasteiger partial charge on any atom is 0.256 e. The highest BCUT2D eigenvalue weighted by molar-refractivity contribution is 14.1. The molecule has 0 atom stereocenters. The third-order valence-corrected chi connectivity index (χ3v) is 5.50. The number of carbonyl (C=O) groups excluding carboxylic acids is 1. The normalized spacial score (nSPS) is 14.7. The van der Waals surface area contributed by atoms with E-state index in [9.17, 15) is 26.4 Å². The van der Waals surface area contributed by atoms with E-state index in [1.165, 1.54) is 17.0 Å². The molecule has 11 heteroatoms. The van der Waals surface area contributed by atoms with Crippen molar-refractivity contribution in [3.05, 3.63) is 56.9 Å². The Labute approximate surface area is 173 Å². The van der Waals surface area contributed by atoms with Gasteiger partial charge in [0.25, 0.3) is 5.91 Å². The van der Waals surface area contributed by atoms with Crippen LogP contribution in [0.4, 0.5) is 24.5 Å². The van der Waals surface area contributed by atoms with Gasteiger partial charge in [-0.25, -0.2) is 26.3 Å². The van der Waals surface area contributed by atoms with E-state index in [0.29, 0.717) is 3.57 Å². The van der Waals surface area contributed by atoms with Gasteiger partial charge < -0.3 is 10.2 Å². The number of nitrogens with zero attached hydrogens (tertiary/aromatic N) is 1. The Balaban J connectivity index is 1.86. The summed E-state index contributed by atoms with van der Waals surface area (Å²) in [6.45, 7) is 0.171. The lowest BCUT2D eigenvalue weighted by Crippen LogP contribution is -2.60. The molecule has 0 spiro atoms. The Kier molecular flexibility index (Phi) is 5.87. The molecule has 0 radical (unpaired) electrons. The van der Waals surface area contributed by atoms with Crippen molar-refractivity contribution in [2.75, 3.05) is 24.7 Å². The van der Waals surface area contributed by atoms with Crippen molar-refractivity contribution in [3.63, 3.8) is 0 Å². The number of sulfonamides is 1. The third-order valence-electron chi connectivity index (χ3n) is 4.07. The van der Waals surface area contributed by atoms with E-state index in [4.69, 9.17) is 0 Å². The molecule has 2 aromatic carbocycles. The second-order valence-corrected chi connectivity index (χ2v) is 9.36. The van der Waals surface area contributed by atoms with Crippen LogP contribution in [0.3, 0.4) is 0 Å². The van der Waals surface area contributed by atoms with Crippen LogP contribution in [0.1, 0.15) is 10.4 Å². The molecule has 0 bridgehead atoms. The minimum atomic E-state index is -3.42. The lowest BCUT2D eigenvalue weighted by Gasteiger charge is -2.39. The van der Waals surface area contributed by atoms with Gasteiger partial charge in [0.1, 0.15) is 5.82 Å². The van der Waals surface area contributed by atoms with Crippen LogP contribution in [0.2, 0.25) is 0 Å². The molecule has 0 saturated carbocycles. The summed E-state index contributed by atoms with van der Waals surface area (Å²) in [5.74, 6) is -3.81. The van der Waals surface area contributed by atoms with Gasteiger partial charge in [-0.1, -0.05) is 0 Å². The monoisotopic (exact) mass is 525 g/mol. The van der Waals surface area contributed by atoms with Gasteiger partial charge in [0, 0.05) is 16.7 Å². The Morgan fingerprint density at radius 1 is 1.14 bits per heavy atom. The van der Waals surface area contributed by atoms with Gasteiger partial charge in [-0.05, 0) is 52.9 Å². The molecule has 1 amide bonds. The molecule has 2 aromatic rings. The van der Waals surface area contributed by atoms with Crippen LogP contribution in [0.15, 0.2) is 30.3 Å². The van der Waals surface area contributed by atoms with E-state index < -0.39 is 45.1 Å². The largest absolute Gasteiger partial charge is 0.350 e. The average Bonchev–Trinajstić information content (AvgIpc) is 2.55. The molecule has 0 aliphatic carbocycles. The highest BCUT2D eigenvalue weighted by Gasteiger charge is 2.34. The van der Waals surface area contributed by atoms with Gasteiger partial charge in [-0.3, -0.25) is 4.79 Å². The molecule has 150 valence electrons. The molecule has 1 aliphatic heterocycles. The van der Waals surface area contributed by atoms with Gasteiger partial charge in [-0.15, -0.1) is 0 Å². The molecule has 1 fully saturated rings. The van der Waals surface area contributed by atoms with Gasteiger partial charge in [0.2, 0.25) is 10.0 Å². The molecular formula is C17H15F3IN3O3S. The fraction of sp³-hybridized carbons (Fsp3) is 0.235. The molecule has 0 aromatic heterocycles. The number of benzene rings is 2. The predicted octanol–water partition coefficient (Wildman–Crippen LogP) is 2.83. The number of likely N-dealkylation sites (tertiary alicyclic amines) is 1. The van der Waals surface area contributed by atoms with Crippen LogP contribution < -0.4 is 10.0 Å². The number of halogens is 4. The van der Waals surface area contributed by atoms with Crippen LogP contribution in [-0.2, 0) is 10.0 Å². The maximum atomic E-state index is 14.4. The Bertz CT molecular complexity index is 1040. The molecule has 3 rings (SSSR count). The molecule has 2 N–H and O–H groups in total. The Hall–Kier alpha value is -1.86. The van der Waals surface area contributed by atoms with Gasteiger partial charge in [0.15, 0.2) is 11.6 Å². The second kappa shape index (κ2) is 7.87. The minimum Gasteiger partial charge on any atom is -0.350 e. The summed E-state index contributed by atoms with van der Waals surface area (Å²) in [7, 11) is -3.42. The molecule has 1 heterocycles. The lowest BCUT2D eigenvalue weighted by atomic mass is 10.1. The summed E-state index contributed by atoms with van der Waals surface area (Å²) in [5, 5.41) is 2.46. The number of rotatable bonds is 5. The van der Waals surface area contributed by atoms with Crippen LogP contribution in [0.25, 0.3) is 0 Å². The standard InChI is InChI=1S/C17H15F3IN3O3S/c1-28(26,27)23-10-7-24(8-10)17(25)11-3-4-12(18)15(20)16(11)22-14-5-2-9(21)6-13(14)19/h2-6,10,22-23H,7-8H2,1H3. The van der Waals surface area contributed by atoms with Gasteiger partial charge in [-0.2, -0.15) is 0 Å². The first-order valence-corrected chi connectivity index (χ1v) is 11.0. The van der Waals surface area contributed by atoms with Crippen molar-refractivity contribution in [1.29, 1.82) is 0 Å². The summed E-state index contributed by atoms with van der Waals surface area (Å²) in [6, 6.07) is 5.59. The SMILES string of the molecule is CS(=O)(=O)NC1CN(C(=O)c2ccc(F)c(F)c2Nc2ccc(I)cc2F)C1. The lowest BCUT2D eigenvalue weighted by molar-refractivity contribution is 0.0592. The molecule has 0 unspecified atom stereocenters. The van der Waals surface area contributed by atoms with E-state index in [1.807, 2.05) is 22.6 Å². The first-order valence-electron chi connectivity index (χ1n) is 8.02. The van der Waals surface area contributed by atoms with E-state index in [0.717, 1.165) is 18.4 Å². The zero-order valence-corrected chi connectivity index (χ0v) is 17.4. The molecule has 6 nitrogen and oxygen atoms in total.